The van der Waals surface area contributed by atoms with Gasteiger partial charge in [0.1, 0.15) is 23.2 Å². The summed E-state index contributed by atoms with van der Waals surface area (Å²) in [5.74, 6) is 1.49. The molecule has 1 atom stereocenters. The molecule has 2 aliphatic rings. The summed E-state index contributed by atoms with van der Waals surface area (Å²) in [5, 5.41) is 5.87. The van der Waals surface area contributed by atoms with Gasteiger partial charge in [-0.15, -0.1) is 0 Å². The average Bonchev–Trinajstić information content (AvgIpc) is 3.70. The Morgan fingerprint density at radius 3 is 1.92 bits per heavy atom. The number of nitrogens with zero attached hydrogens (tertiary/aromatic N) is 2. The molecule has 0 spiro atoms. The van der Waals surface area contributed by atoms with Crippen LogP contribution in [0, 0.1) is 0 Å². The van der Waals surface area contributed by atoms with E-state index >= 15 is 0 Å². The van der Waals surface area contributed by atoms with E-state index in [1.165, 1.54) is 33.4 Å². The van der Waals surface area contributed by atoms with E-state index in [0.717, 1.165) is 55.6 Å². The maximum Gasteiger partial charge on any atom is 0.160 e. The van der Waals surface area contributed by atoms with Gasteiger partial charge in [0.2, 0.25) is 0 Å². The van der Waals surface area contributed by atoms with Crippen molar-refractivity contribution in [2.24, 2.45) is 9.98 Å². The van der Waals surface area contributed by atoms with Gasteiger partial charge in [0.05, 0.1) is 0 Å². The van der Waals surface area contributed by atoms with Gasteiger partial charge in [-0.1, -0.05) is 147 Å². The molecule has 10 rings (SSSR count). The van der Waals surface area contributed by atoms with Crippen LogP contribution in [0.15, 0.2) is 178 Å². The molecule has 0 saturated heterocycles. The Hall–Kier alpha value is -6.52. The molecule has 1 aliphatic heterocycles. The first kappa shape index (κ1) is 30.3. The summed E-state index contributed by atoms with van der Waals surface area (Å²) in [6.07, 6.45) is -0.405. The first-order chi connectivity index (χ1) is 25.5. The van der Waals surface area contributed by atoms with Crippen molar-refractivity contribution in [3.8, 4) is 33.4 Å². The molecular weight excluding hydrogens is 635 g/mol. The molecule has 1 unspecified atom stereocenters. The van der Waals surface area contributed by atoms with E-state index in [1.807, 2.05) is 24.3 Å². The Morgan fingerprint density at radius 2 is 1.17 bits per heavy atom. The Labute approximate surface area is 302 Å². The van der Waals surface area contributed by atoms with Gasteiger partial charge >= 0.3 is 0 Å². The normalized spacial score (nSPS) is 15.8. The zero-order chi connectivity index (χ0) is 34.8. The van der Waals surface area contributed by atoms with E-state index in [1.54, 1.807) is 0 Å². The fourth-order valence-electron chi connectivity index (χ4n) is 8.14. The Kier molecular flexibility index (Phi) is 6.87. The van der Waals surface area contributed by atoms with Gasteiger partial charge in [0, 0.05) is 32.9 Å². The number of hydrogen-bond acceptors (Lipinski definition) is 4. The van der Waals surface area contributed by atoms with Crippen LogP contribution in [0.1, 0.15) is 47.8 Å². The number of hydrogen-bond donors (Lipinski definition) is 1. The summed E-state index contributed by atoms with van der Waals surface area (Å²) in [6.45, 7) is 4.70. The Bertz CT molecular complexity index is 2720. The van der Waals surface area contributed by atoms with Crippen molar-refractivity contribution in [2.45, 2.75) is 25.4 Å². The van der Waals surface area contributed by atoms with Gasteiger partial charge in [-0.2, -0.15) is 0 Å². The predicted octanol–water partition coefficient (Wildman–Crippen LogP) is 11.7. The van der Waals surface area contributed by atoms with Crippen molar-refractivity contribution in [3.05, 3.63) is 192 Å². The standard InChI is InChI=1S/C48H35N3O/c1-48(2)39-28-33(30-15-6-3-7-16-30)25-26-35(39)43-38(27-34(29-40(43)48)31-17-8-4-9-18-31)47-50-45(32-19-10-5-11-20-32)49-46(51-47)37-22-14-24-42-44(37)36-21-12-13-23-41(36)52-42/h3-29,46H,1-2H3,(H,49,50,51). The van der Waals surface area contributed by atoms with Crippen molar-refractivity contribution in [1.82, 2.24) is 5.32 Å². The molecule has 248 valence electrons. The SMILES string of the molecule is CC1(C)c2cc(-c3ccccc3)ccc2-c2c(C3=NC(c4cccc5oc6ccccc6c45)NC(c4ccccc4)=N3)cc(-c3ccccc3)cc21. The lowest BCUT2D eigenvalue weighted by atomic mass is 9.80. The summed E-state index contributed by atoms with van der Waals surface area (Å²) in [5.41, 5.74) is 14.3. The van der Waals surface area contributed by atoms with Crippen molar-refractivity contribution in [1.29, 1.82) is 0 Å². The van der Waals surface area contributed by atoms with Crippen LogP contribution in [0.4, 0.5) is 0 Å². The molecule has 2 heterocycles. The highest BCUT2D eigenvalue weighted by molar-refractivity contribution is 6.17. The molecule has 4 heteroatoms. The van der Waals surface area contributed by atoms with Crippen molar-refractivity contribution in [2.75, 3.05) is 0 Å². The monoisotopic (exact) mass is 669 g/mol. The number of fused-ring (bicyclic) bond motifs is 6. The lowest BCUT2D eigenvalue weighted by molar-refractivity contribution is 0.660. The third-order valence-electron chi connectivity index (χ3n) is 10.7. The van der Waals surface area contributed by atoms with E-state index in [9.17, 15) is 0 Å². The van der Waals surface area contributed by atoms with Crippen LogP contribution in [-0.4, -0.2) is 11.7 Å². The van der Waals surface area contributed by atoms with Gasteiger partial charge in [-0.05, 0) is 74.8 Å². The molecule has 8 aromatic rings. The smallest absolute Gasteiger partial charge is 0.160 e. The topological polar surface area (TPSA) is 49.9 Å². The summed E-state index contributed by atoms with van der Waals surface area (Å²) in [4.78, 5) is 10.9. The van der Waals surface area contributed by atoms with Crippen LogP contribution in [0.25, 0.3) is 55.3 Å². The van der Waals surface area contributed by atoms with Gasteiger partial charge in [-0.3, -0.25) is 0 Å². The van der Waals surface area contributed by atoms with Gasteiger partial charge in [0.25, 0.3) is 0 Å². The van der Waals surface area contributed by atoms with Gasteiger partial charge in [-0.25, -0.2) is 9.98 Å². The second-order valence-electron chi connectivity index (χ2n) is 14.2. The average molecular weight is 670 g/mol. The molecule has 0 saturated carbocycles. The van der Waals surface area contributed by atoms with Crippen molar-refractivity contribution < 1.29 is 4.42 Å². The molecule has 0 amide bonds. The molecule has 0 bridgehead atoms. The van der Waals surface area contributed by atoms with E-state index in [4.69, 9.17) is 14.4 Å². The van der Waals surface area contributed by atoms with Crippen LogP contribution in [0.2, 0.25) is 0 Å². The minimum atomic E-state index is -0.405. The molecule has 7 aromatic carbocycles. The first-order valence-corrected chi connectivity index (χ1v) is 17.9. The third-order valence-corrected chi connectivity index (χ3v) is 10.7. The number of para-hydroxylation sites is 1. The molecule has 1 N–H and O–H groups in total. The van der Waals surface area contributed by atoms with Crippen molar-refractivity contribution in [3.63, 3.8) is 0 Å². The zero-order valence-electron chi connectivity index (χ0n) is 29.0. The lowest BCUT2D eigenvalue weighted by Gasteiger charge is -2.26. The minimum absolute atomic E-state index is 0.255. The highest BCUT2D eigenvalue weighted by atomic mass is 16.3. The fraction of sp³-hybridized carbons (Fsp3) is 0.0833. The minimum Gasteiger partial charge on any atom is -0.456 e. The van der Waals surface area contributed by atoms with E-state index in [0.29, 0.717) is 5.84 Å². The number of amidine groups is 2. The maximum atomic E-state index is 6.33. The predicted molar refractivity (Wildman–Crippen MR) is 214 cm³/mol. The van der Waals surface area contributed by atoms with Crippen LogP contribution < -0.4 is 5.32 Å². The zero-order valence-corrected chi connectivity index (χ0v) is 29.0. The quantitative estimate of drug-likeness (QED) is 0.198. The summed E-state index contributed by atoms with van der Waals surface area (Å²) < 4.78 is 6.33. The highest BCUT2D eigenvalue weighted by Crippen LogP contribution is 2.52. The third kappa shape index (κ3) is 4.83. The van der Waals surface area contributed by atoms with Crippen LogP contribution in [0.3, 0.4) is 0 Å². The molecule has 1 aliphatic carbocycles. The Balaban J connectivity index is 1.23. The summed E-state index contributed by atoms with van der Waals surface area (Å²) >= 11 is 0. The fourth-order valence-corrected chi connectivity index (χ4v) is 8.14. The number of aliphatic imine (C=N–C) groups is 2. The molecule has 52 heavy (non-hydrogen) atoms. The van der Waals surface area contributed by atoms with Crippen LogP contribution in [-0.2, 0) is 5.41 Å². The van der Waals surface area contributed by atoms with Gasteiger partial charge < -0.3 is 9.73 Å². The molecule has 0 fully saturated rings. The highest BCUT2D eigenvalue weighted by Gasteiger charge is 2.39. The summed E-state index contributed by atoms with van der Waals surface area (Å²) in [7, 11) is 0. The molecular formula is C48H35N3O. The number of rotatable bonds is 5. The second-order valence-corrected chi connectivity index (χ2v) is 14.2. The van der Waals surface area contributed by atoms with Crippen LogP contribution in [0.5, 0.6) is 0 Å². The van der Waals surface area contributed by atoms with Gasteiger partial charge in [0.15, 0.2) is 5.84 Å². The van der Waals surface area contributed by atoms with E-state index in [2.05, 4.69) is 159 Å². The van der Waals surface area contributed by atoms with E-state index < -0.39 is 6.17 Å². The van der Waals surface area contributed by atoms with E-state index in [-0.39, 0.29) is 5.41 Å². The maximum absolute atomic E-state index is 6.33. The number of nitrogens with one attached hydrogen (secondary N) is 1. The Morgan fingerprint density at radius 1 is 0.538 bits per heavy atom. The van der Waals surface area contributed by atoms with Crippen molar-refractivity contribution >= 4 is 33.6 Å². The first-order valence-electron chi connectivity index (χ1n) is 17.9. The molecule has 1 aromatic heterocycles. The summed E-state index contributed by atoms with van der Waals surface area (Å²) in [6, 6.07) is 57.8. The number of furan rings is 1. The number of benzene rings is 7. The molecule has 4 nitrogen and oxygen atoms in total. The second kappa shape index (κ2) is 11.8. The molecule has 0 radical (unpaired) electrons. The lowest BCUT2D eigenvalue weighted by Crippen LogP contribution is -2.33. The largest absolute Gasteiger partial charge is 0.456 e. The van der Waals surface area contributed by atoms with Crippen LogP contribution >= 0.6 is 0 Å².